The van der Waals surface area contributed by atoms with Gasteiger partial charge in [-0.3, -0.25) is 9.59 Å². The Morgan fingerprint density at radius 1 is 0.520 bits per heavy atom. The molecule has 0 spiro atoms. The summed E-state index contributed by atoms with van der Waals surface area (Å²) in [5.74, 6) is 3.16. The fourth-order valence-corrected chi connectivity index (χ4v) is 7.13. The van der Waals surface area contributed by atoms with Crippen molar-refractivity contribution in [3.63, 3.8) is 0 Å². The normalized spacial score (nSPS) is 15.8. The molecule has 0 aromatic heterocycles. The van der Waals surface area contributed by atoms with Crippen LogP contribution in [0, 0.1) is 0 Å². The van der Waals surface area contributed by atoms with Crippen molar-refractivity contribution in [2.45, 2.75) is 25.7 Å². The van der Waals surface area contributed by atoms with E-state index in [2.05, 4.69) is 34.1 Å². The topological polar surface area (TPSA) is 59.1 Å². The van der Waals surface area contributed by atoms with Crippen LogP contribution in [-0.4, -0.2) is 11.6 Å². The highest BCUT2D eigenvalue weighted by molar-refractivity contribution is 6.12. The van der Waals surface area contributed by atoms with E-state index in [1.54, 1.807) is 24.3 Å². The van der Waals surface area contributed by atoms with E-state index in [9.17, 15) is 9.59 Å². The first-order chi connectivity index (χ1) is 24.6. The number of allylic oxidation sites excluding steroid dienone is 7. The monoisotopic (exact) mass is 652 g/mol. The zero-order valence-corrected chi connectivity index (χ0v) is 27.2. The molecule has 0 unspecified atom stereocenters. The van der Waals surface area contributed by atoms with Gasteiger partial charge in [0.2, 0.25) is 0 Å². The van der Waals surface area contributed by atoms with Crippen LogP contribution in [0.25, 0.3) is 0 Å². The van der Waals surface area contributed by atoms with Gasteiger partial charge in [0, 0.05) is 33.6 Å². The number of Topliss-reactive ketones (excluding diaryl/α,β-unsaturated/α-hetero) is 1. The molecule has 0 bridgehead atoms. The van der Waals surface area contributed by atoms with Crippen molar-refractivity contribution < 1.29 is 19.1 Å². The summed E-state index contributed by atoms with van der Waals surface area (Å²) in [6.45, 7) is 0. The molecule has 4 aliphatic rings. The van der Waals surface area contributed by atoms with Crippen LogP contribution in [0.2, 0.25) is 0 Å². The Morgan fingerprint density at radius 2 is 1.06 bits per heavy atom. The highest BCUT2D eigenvalue weighted by Crippen LogP contribution is 2.49. The third kappa shape index (κ3) is 5.13. The molecule has 2 heterocycles. The highest BCUT2D eigenvalue weighted by atomic mass is 16.5. The lowest BCUT2D eigenvalue weighted by Crippen LogP contribution is -2.25. The van der Waals surface area contributed by atoms with Gasteiger partial charge in [-0.2, -0.15) is 0 Å². The lowest BCUT2D eigenvalue weighted by molar-refractivity contribution is 0.102. The Hall–Kier alpha value is -6.40. The molecule has 2 aliphatic carbocycles. The molecule has 0 N–H and O–H groups in total. The van der Waals surface area contributed by atoms with Crippen LogP contribution in [0.5, 0.6) is 17.2 Å². The molecule has 0 amide bonds. The predicted molar refractivity (Wildman–Crippen MR) is 196 cm³/mol. The molecule has 0 fully saturated rings. The first kappa shape index (κ1) is 29.7. The summed E-state index contributed by atoms with van der Waals surface area (Å²) in [6, 6.07) is 38.8. The van der Waals surface area contributed by atoms with Crippen molar-refractivity contribution in [1.29, 1.82) is 0 Å². The fraction of sp³-hybridized carbons (Fsp3) is 0.0909. The van der Waals surface area contributed by atoms with Crippen LogP contribution in [-0.2, 0) is 0 Å². The average Bonchev–Trinajstić information content (AvgIpc) is 3.18. The number of anilines is 4. The fourth-order valence-electron chi connectivity index (χ4n) is 7.13. The summed E-state index contributed by atoms with van der Waals surface area (Å²) in [5.41, 5.74) is 8.57. The van der Waals surface area contributed by atoms with Crippen molar-refractivity contribution in [2.24, 2.45) is 0 Å². The van der Waals surface area contributed by atoms with Gasteiger partial charge in [0.15, 0.2) is 28.8 Å². The van der Waals surface area contributed by atoms with E-state index >= 15 is 0 Å². The van der Waals surface area contributed by atoms with Crippen molar-refractivity contribution in [3.05, 3.63) is 185 Å². The minimum absolute atomic E-state index is 0.0246. The summed E-state index contributed by atoms with van der Waals surface area (Å²) in [5, 5.41) is 0. The molecule has 5 aromatic rings. The number of benzene rings is 5. The van der Waals surface area contributed by atoms with E-state index < -0.39 is 0 Å². The second-order valence-corrected chi connectivity index (χ2v) is 12.7. The van der Waals surface area contributed by atoms with Crippen molar-refractivity contribution in [1.82, 2.24) is 0 Å². The number of hydrogen-bond acceptors (Lipinski definition) is 6. The molecular weight excluding hydrogens is 620 g/mol. The number of carbonyl (C=O) groups excluding carboxylic acids is 2. The lowest BCUT2D eigenvalue weighted by atomic mass is 9.93. The van der Waals surface area contributed by atoms with Crippen molar-refractivity contribution in [2.75, 3.05) is 9.80 Å². The zero-order chi connectivity index (χ0) is 33.6. The SMILES string of the molecule is O=C(C1=CC=C(N2c3ccccc3Oc3ccccc32)CC1)c1ccc(C(=O)c2ccc(N3C4=C(C=CCC4)Oc4ccccc43)cc2)cc1. The van der Waals surface area contributed by atoms with E-state index in [0.717, 1.165) is 75.6 Å². The number of fused-ring (bicyclic) bond motifs is 3. The Bertz CT molecular complexity index is 2270. The maximum atomic E-state index is 13.6. The van der Waals surface area contributed by atoms with Gasteiger partial charge in [-0.1, -0.05) is 72.8 Å². The van der Waals surface area contributed by atoms with Gasteiger partial charge in [0.25, 0.3) is 0 Å². The number of ketones is 2. The Morgan fingerprint density at radius 3 is 1.66 bits per heavy atom. The second-order valence-electron chi connectivity index (χ2n) is 12.7. The third-order valence-corrected chi connectivity index (χ3v) is 9.63. The minimum atomic E-state index is -0.0889. The van der Waals surface area contributed by atoms with Gasteiger partial charge in [-0.25, -0.2) is 0 Å². The van der Waals surface area contributed by atoms with E-state index in [1.165, 1.54) is 0 Å². The van der Waals surface area contributed by atoms with Crippen LogP contribution >= 0.6 is 0 Å². The highest BCUT2D eigenvalue weighted by Gasteiger charge is 2.30. The quantitative estimate of drug-likeness (QED) is 0.170. The Labute approximate surface area is 290 Å². The zero-order valence-electron chi connectivity index (χ0n) is 27.2. The van der Waals surface area contributed by atoms with E-state index in [0.29, 0.717) is 29.5 Å². The molecule has 0 radical (unpaired) electrons. The van der Waals surface area contributed by atoms with Crippen molar-refractivity contribution >= 4 is 34.3 Å². The summed E-state index contributed by atoms with van der Waals surface area (Å²) in [6.07, 6.45) is 11.3. The molecule has 242 valence electrons. The van der Waals surface area contributed by atoms with Crippen LogP contribution < -0.4 is 19.3 Å². The maximum Gasteiger partial charge on any atom is 0.193 e. The Kier molecular flexibility index (Phi) is 7.28. The molecule has 0 saturated heterocycles. The maximum absolute atomic E-state index is 13.6. The third-order valence-electron chi connectivity index (χ3n) is 9.63. The molecule has 2 aliphatic heterocycles. The number of ether oxygens (including phenoxy) is 2. The molecule has 6 nitrogen and oxygen atoms in total. The van der Waals surface area contributed by atoms with E-state index in [4.69, 9.17) is 9.47 Å². The summed E-state index contributed by atoms with van der Waals surface area (Å²) in [7, 11) is 0. The molecule has 9 rings (SSSR count). The van der Waals surface area contributed by atoms with Gasteiger partial charge in [-0.15, -0.1) is 0 Å². The summed E-state index contributed by atoms with van der Waals surface area (Å²) < 4.78 is 12.3. The standard InChI is InChI=1S/C44H32N2O4/c47-43(31-21-25-33(26-22-31)45-35-9-1-5-13-39(35)49-40-14-6-2-10-36(40)45)29-17-19-30(20-18-29)44(48)32-23-27-34(28-24-32)46-37-11-3-7-15-41(37)50-42-16-8-4-12-38(42)46/h1-3,5-11,13-21,23-25,27-28H,4,12,22,26H2. The van der Waals surface area contributed by atoms with Gasteiger partial charge in [-0.05, 0) is 98.5 Å². The number of hydrogen-bond donors (Lipinski definition) is 0. The molecular formula is C44H32N2O4. The first-order valence-electron chi connectivity index (χ1n) is 16.9. The summed E-state index contributed by atoms with van der Waals surface area (Å²) in [4.78, 5) is 31.6. The van der Waals surface area contributed by atoms with E-state index in [1.807, 2.05) is 97.1 Å². The summed E-state index contributed by atoms with van der Waals surface area (Å²) >= 11 is 0. The van der Waals surface area contributed by atoms with Crippen molar-refractivity contribution in [3.8, 4) is 17.2 Å². The predicted octanol–water partition coefficient (Wildman–Crippen LogP) is 10.7. The molecule has 0 atom stereocenters. The Balaban J connectivity index is 0.926. The van der Waals surface area contributed by atoms with Crippen LogP contribution in [0.4, 0.5) is 22.7 Å². The molecule has 6 heteroatoms. The number of nitrogens with zero attached hydrogens (tertiary/aromatic N) is 2. The smallest absolute Gasteiger partial charge is 0.193 e. The van der Waals surface area contributed by atoms with Gasteiger partial charge in [0.05, 0.1) is 22.8 Å². The number of para-hydroxylation sites is 6. The number of carbonyl (C=O) groups is 2. The van der Waals surface area contributed by atoms with Gasteiger partial charge in [0.1, 0.15) is 5.76 Å². The van der Waals surface area contributed by atoms with Gasteiger partial charge >= 0.3 is 0 Å². The average molecular weight is 653 g/mol. The molecule has 5 aromatic carbocycles. The lowest BCUT2D eigenvalue weighted by Gasteiger charge is -2.35. The van der Waals surface area contributed by atoms with Crippen LogP contribution in [0.3, 0.4) is 0 Å². The van der Waals surface area contributed by atoms with Gasteiger partial charge < -0.3 is 19.3 Å². The largest absolute Gasteiger partial charge is 0.453 e. The van der Waals surface area contributed by atoms with Crippen LogP contribution in [0.15, 0.2) is 168 Å². The molecule has 0 saturated carbocycles. The first-order valence-corrected chi connectivity index (χ1v) is 16.9. The minimum Gasteiger partial charge on any atom is -0.453 e. The van der Waals surface area contributed by atoms with E-state index in [-0.39, 0.29) is 11.6 Å². The van der Waals surface area contributed by atoms with Crippen LogP contribution in [0.1, 0.15) is 52.0 Å². The number of rotatable bonds is 6. The molecule has 50 heavy (non-hydrogen) atoms. The second kappa shape index (κ2) is 12.2.